The molecule has 2 atom stereocenters. The van der Waals surface area contributed by atoms with Crippen LogP contribution >= 0.6 is 0 Å². The maximum Gasteiger partial charge on any atom is 0.416 e. The molecule has 1 aromatic rings. The number of carbonyl (C=O) groups excluding carboxylic acids is 1. The van der Waals surface area contributed by atoms with Crippen LogP contribution in [0.1, 0.15) is 38.2 Å². The molecule has 2 aliphatic rings. The van der Waals surface area contributed by atoms with E-state index in [-0.39, 0.29) is 11.9 Å². The van der Waals surface area contributed by atoms with Crippen LogP contribution in [-0.2, 0) is 11.0 Å². The monoisotopic (exact) mass is 383 g/mol. The van der Waals surface area contributed by atoms with Crippen molar-refractivity contribution < 1.29 is 18.0 Å². The summed E-state index contributed by atoms with van der Waals surface area (Å²) >= 11 is 0. The zero-order valence-corrected chi connectivity index (χ0v) is 15.8. The van der Waals surface area contributed by atoms with Gasteiger partial charge in [0.05, 0.1) is 12.1 Å². The van der Waals surface area contributed by atoms with Crippen LogP contribution in [0.2, 0.25) is 0 Å². The van der Waals surface area contributed by atoms with E-state index in [1.807, 2.05) is 4.90 Å². The molecule has 2 fully saturated rings. The third-order valence-corrected chi connectivity index (χ3v) is 5.74. The summed E-state index contributed by atoms with van der Waals surface area (Å²) in [6, 6.07) is 5.73. The van der Waals surface area contributed by atoms with Crippen LogP contribution in [0.3, 0.4) is 0 Å². The number of nitrogens with zero attached hydrogens (tertiary/aromatic N) is 2. The van der Waals surface area contributed by atoms with Crippen molar-refractivity contribution in [2.24, 2.45) is 5.92 Å². The number of benzene rings is 1. The van der Waals surface area contributed by atoms with Crippen LogP contribution in [0.4, 0.5) is 18.9 Å². The zero-order valence-electron chi connectivity index (χ0n) is 15.8. The molecule has 1 aliphatic heterocycles. The number of nitrogens with one attached hydrogen (secondary N) is 1. The Morgan fingerprint density at radius 2 is 1.85 bits per heavy atom. The van der Waals surface area contributed by atoms with E-state index in [1.165, 1.54) is 31.4 Å². The fourth-order valence-corrected chi connectivity index (χ4v) is 4.03. The first-order valence-corrected chi connectivity index (χ1v) is 9.77. The van der Waals surface area contributed by atoms with E-state index >= 15 is 0 Å². The second-order valence-corrected chi connectivity index (χ2v) is 7.75. The fraction of sp³-hybridized carbons (Fsp3) is 0.650. The molecule has 0 spiro atoms. The van der Waals surface area contributed by atoms with Gasteiger partial charge in [-0.15, -0.1) is 0 Å². The lowest BCUT2D eigenvalue weighted by Gasteiger charge is -2.36. The average Bonchev–Trinajstić information content (AvgIpc) is 2.64. The molecule has 1 N–H and O–H groups in total. The van der Waals surface area contributed by atoms with Gasteiger partial charge in [-0.25, -0.2) is 0 Å². The fourth-order valence-electron chi connectivity index (χ4n) is 4.03. The summed E-state index contributed by atoms with van der Waals surface area (Å²) in [7, 11) is 0. The number of anilines is 1. The van der Waals surface area contributed by atoms with Gasteiger partial charge in [-0.2, -0.15) is 13.2 Å². The predicted molar refractivity (Wildman–Crippen MR) is 99.7 cm³/mol. The Kier molecular flexibility index (Phi) is 6.29. The molecule has 1 aliphatic carbocycles. The first-order valence-electron chi connectivity index (χ1n) is 9.77. The lowest BCUT2D eigenvalue weighted by atomic mass is 9.86. The Morgan fingerprint density at radius 1 is 1.15 bits per heavy atom. The van der Waals surface area contributed by atoms with Gasteiger partial charge in [0.2, 0.25) is 5.91 Å². The van der Waals surface area contributed by atoms with Crippen LogP contribution in [-0.4, -0.2) is 49.6 Å². The molecule has 7 heteroatoms. The lowest BCUT2D eigenvalue weighted by molar-refractivity contribution is -0.137. The Balaban J connectivity index is 1.48. The molecule has 0 aromatic heterocycles. The van der Waals surface area contributed by atoms with Gasteiger partial charge >= 0.3 is 6.18 Å². The van der Waals surface area contributed by atoms with E-state index < -0.39 is 11.7 Å². The summed E-state index contributed by atoms with van der Waals surface area (Å²) in [5.74, 6) is 0.585. The summed E-state index contributed by atoms with van der Waals surface area (Å²) in [5, 5.41) is 3.16. The highest BCUT2D eigenvalue weighted by atomic mass is 19.4. The maximum atomic E-state index is 12.9. The maximum absolute atomic E-state index is 12.9. The number of alkyl halides is 3. The number of piperazine rings is 1. The number of rotatable bonds is 4. The number of hydrogen-bond acceptors (Lipinski definition) is 3. The van der Waals surface area contributed by atoms with Crippen LogP contribution in [0.5, 0.6) is 0 Å². The van der Waals surface area contributed by atoms with Gasteiger partial charge in [0.1, 0.15) is 0 Å². The van der Waals surface area contributed by atoms with Crippen molar-refractivity contribution in [3.63, 3.8) is 0 Å². The van der Waals surface area contributed by atoms with E-state index in [1.54, 1.807) is 6.07 Å². The van der Waals surface area contributed by atoms with Gasteiger partial charge in [0.25, 0.3) is 0 Å². The first kappa shape index (κ1) is 20.0. The van der Waals surface area contributed by atoms with Crippen molar-refractivity contribution in [1.29, 1.82) is 0 Å². The smallest absolute Gasteiger partial charge is 0.369 e. The van der Waals surface area contributed by atoms with Crippen LogP contribution in [0, 0.1) is 5.92 Å². The molecule has 0 unspecified atom stereocenters. The number of amides is 1. The van der Waals surface area contributed by atoms with Crippen molar-refractivity contribution in [1.82, 2.24) is 10.2 Å². The van der Waals surface area contributed by atoms with Crippen molar-refractivity contribution in [3.05, 3.63) is 29.8 Å². The van der Waals surface area contributed by atoms with Crippen molar-refractivity contribution in [3.8, 4) is 0 Å². The van der Waals surface area contributed by atoms with Gasteiger partial charge in [-0.3, -0.25) is 9.69 Å². The lowest BCUT2D eigenvalue weighted by Crippen LogP contribution is -2.51. The summed E-state index contributed by atoms with van der Waals surface area (Å²) in [6.45, 7) is 5.13. The Labute approximate surface area is 158 Å². The van der Waals surface area contributed by atoms with Crippen molar-refractivity contribution in [2.45, 2.75) is 44.8 Å². The molecule has 150 valence electrons. The molecule has 1 aromatic carbocycles. The Hall–Kier alpha value is -1.76. The minimum absolute atomic E-state index is 0.0567. The largest absolute Gasteiger partial charge is 0.416 e. The quantitative estimate of drug-likeness (QED) is 0.864. The normalized spacial score (nSPS) is 24.7. The van der Waals surface area contributed by atoms with Gasteiger partial charge in [0.15, 0.2) is 0 Å². The third kappa shape index (κ3) is 5.37. The molecule has 3 rings (SSSR count). The highest BCUT2D eigenvalue weighted by Gasteiger charge is 2.31. The van der Waals surface area contributed by atoms with Gasteiger partial charge in [0, 0.05) is 37.9 Å². The van der Waals surface area contributed by atoms with Gasteiger partial charge < -0.3 is 10.2 Å². The van der Waals surface area contributed by atoms with E-state index in [9.17, 15) is 18.0 Å². The van der Waals surface area contributed by atoms with E-state index in [4.69, 9.17) is 0 Å². The molecule has 27 heavy (non-hydrogen) atoms. The summed E-state index contributed by atoms with van der Waals surface area (Å²) in [4.78, 5) is 16.4. The molecular formula is C20H28F3N3O. The SMILES string of the molecule is C[C@@H]1CCCC[C@H]1NC(=O)CN1CCN(c2cccc(C(F)(F)F)c2)CC1. The topological polar surface area (TPSA) is 35.6 Å². The number of carbonyl (C=O) groups is 1. The Morgan fingerprint density at radius 3 is 2.52 bits per heavy atom. The highest BCUT2D eigenvalue weighted by molar-refractivity contribution is 5.78. The van der Waals surface area contributed by atoms with E-state index in [2.05, 4.69) is 17.1 Å². The summed E-state index contributed by atoms with van der Waals surface area (Å²) in [6.07, 6.45) is 0.305. The number of halogens is 3. The van der Waals surface area contributed by atoms with Crippen molar-refractivity contribution in [2.75, 3.05) is 37.6 Å². The van der Waals surface area contributed by atoms with Crippen molar-refractivity contribution >= 4 is 11.6 Å². The molecule has 0 bridgehead atoms. The molecule has 1 saturated heterocycles. The van der Waals surface area contributed by atoms with E-state index in [0.29, 0.717) is 44.3 Å². The highest BCUT2D eigenvalue weighted by Crippen LogP contribution is 2.31. The zero-order chi connectivity index (χ0) is 19.4. The number of hydrogen-bond donors (Lipinski definition) is 1. The average molecular weight is 383 g/mol. The molecule has 1 heterocycles. The molecule has 4 nitrogen and oxygen atoms in total. The Bertz CT molecular complexity index is 642. The van der Waals surface area contributed by atoms with E-state index in [0.717, 1.165) is 12.5 Å². The van der Waals surface area contributed by atoms with Crippen LogP contribution in [0.25, 0.3) is 0 Å². The van der Waals surface area contributed by atoms with Crippen LogP contribution < -0.4 is 10.2 Å². The summed E-state index contributed by atoms with van der Waals surface area (Å²) < 4.78 is 38.7. The van der Waals surface area contributed by atoms with Gasteiger partial charge in [-0.1, -0.05) is 25.8 Å². The molecule has 0 radical (unpaired) electrons. The molecule has 1 amide bonds. The standard InChI is InChI=1S/C20H28F3N3O/c1-15-5-2-3-8-18(15)24-19(27)14-25-9-11-26(12-10-25)17-7-4-6-16(13-17)20(21,22)23/h4,6-7,13,15,18H,2-3,5,8-12,14H2,1H3,(H,24,27)/t15-,18-/m1/s1. The van der Waals surface area contributed by atoms with Crippen LogP contribution in [0.15, 0.2) is 24.3 Å². The molecule has 1 saturated carbocycles. The minimum atomic E-state index is -4.33. The molecular weight excluding hydrogens is 355 g/mol. The minimum Gasteiger partial charge on any atom is -0.369 e. The second kappa shape index (κ2) is 8.50. The predicted octanol–water partition coefficient (Wildman–Crippen LogP) is 3.52. The first-order chi connectivity index (χ1) is 12.8. The second-order valence-electron chi connectivity index (χ2n) is 7.75. The summed E-state index contributed by atoms with van der Waals surface area (Å²) in [5.41, 5.74) is -0.0339. The third-order valence-electron chi connectivity index (χ3n) is 5.74. The van der Waals surface area contributed by atoms with Gasteiger partial charge in [-0.05, 0) is 37.0 Å².